The first-order valence-electron chi connectivity index (χ1n) is 8.15. The van der Waals surface area contributed by atoms with Gasteiger partial charge in [-0.3, -0.25) is 9.59 Å². The smallest absolute Gasteiger partial charge is 0.277 e. The molecule has 11 heteroatoms. The van der Waals surface area contributed by atoms with Crippen LogP contribution in [0.15, 0.2) is 52.1 Å². The number of hydrogen-bond acceptors (Lipinski definition) is 6. The van der Waals surface area contributed by atoms with E-state index in [1.807, 2.05) is 0 Å². The summed E-state index contributed by atoms with van der Waals surface area (Å²) in [5.41, 5.74) is 0.655. The lowest BCUT2D eigenvalue weighted by Gasteiger charge is -2.06. The Morgan fingerprint density at radius 3 is 2.62 bits per heavy atom. The molecule has 0 spiro atoms. The number of rotatable bonds is 7. The Hall–Kier alpha value is -2.98. The highest BCUT2D eigenvalue weighted by Gasteiger charge is 2.14. The maximum absolute atomic E-state index is 13.1. The van der Waals surface area contributed by atoms with Crippen molar-refractivity contribution in [2.24, 2.45) is 0 Å². The SMILES string of the molecule is O=C(CSc1nnc(-c2ccccc2Cl)o1)NCC(=O)Nc1ccc(F)c(F)c1. The van der Waals surface area contributed by atoms with Crippen LogP contribution < -0.4 is 10.6 Å². The first-order chi connectivity index (χ1) is 13.9. The third kappa shape index (κ3) is 5.75. The van der Waals surface area contributed by atoms with E-state index >= 15 is 0 Å². The van der Waals surface area contributed by atoms with Crippen LogP contribution in [-0.2, 0) is 9.59 Å². The third-order valence-corrected chi connectivity index (χ3v) is 4.63. The van der Waals surface area contributed by atoms with E-state index in [1.54, 1.807) is 24.3 Å². The zero-order valence-corrected chi connectivity index (χ0v) is 16.2. The maximum atomic E-state index is 13.1. The highest BCUT2D eigenvalue weighted by atomic mass is 35.5. The molecule has 3 rings (SSSR count). The quantitative estimate of drug-likeness (QED) is 0.548. The molecule has 150 valence electrons. The van der Waals surface area contributed by atoms with Crippen LogP contribution in [0.5, 0.6) is 0 Å². The largest absolute Gasteiger partial charge is 0.411 e. The molecule has 1 heterocycles. The number of carbonyl (C=O) groups is 2. The number of hydrogen-bond donors (Lipinski definition) is 2. The van der Waals surface area contributed by atoms with Crippen molar-refractivity contribution in [3.63, 3.8) is 0 Å². The van der Waals surface area contributed by atoms with Crippen molar-refractivity contribution in [1.29, 1.82) is 0 Å². The summed E-state index contributed by atoms with van der Waals surface area (Å²) in [6.07, 6.45) is 0. The van der Waals surface area contributed by atoms with E-state index in [0.717, 1.165) is 23.9 Å². The number of carbonyl (C=O) groups excluding carboxylic acids is 2. The minimum atomic E-state index is -1.08. The lowest BCUT2D eigenvalue weighted by molar-refractivity contribution is -0.122. The maximum Gasteiger partial charge on any atom is 0.277 e. The van der Waals surface area contributed by atoms with Gasteiger partial charge >= 0.3 is 0 Å². The third-order valence-electron chi connectivity index (χ3n) is 3.49. The van der Waals surface area contributed by atoms with E-state index in [0.29, 0.717) is 10.6 Å². The van der Waals surface area contributed by atoms with Gasteiger partial charge in [-0.2, -0.15) is 0 Å². The van der Waals surface area contributed by atoms with Crippen molar-refractivity contribution in [3.8, 4) is 11.5 Å². The van der Waals surface area contributed by atoms with Crippen molar-refractivity contribution < 1.29 is 22.8 Å². The summed E-state index contributed by atoms with van der Waals surface area (Å²) in [6, 6.07) is 9.90. The number of anilines is 1. The van der Waals surface area contributed by atoms with Gasteiger partial charge in [-0.05, 0) is 24.3 Å². The molecule has 2 N–H and O–H groups in total. The minimum absolute atomic E-state index is 0.0669. The van der Waals surface area contributed by atoms with Gasteiger partial charge in [-0.25, -0.2) is 8.78 Å². The number of thioether (sulfide) groups is 1. The molecule has 3 aromatic rings. The summed E-state index contributed by atoms with van der Waals surface area (Å²) in [5, 5.41) is 13.1. The monoisotopic (exact) mass is 438 g/mol. The van der Waals surface area contributed by atoms with Gasteiger partial charge in [0.05, 0.1) is 22.9 Å². The minimum Gasteiger partial charge on any atom is -0.411 e. The Labute approximate surface area is 172 Å². The number of benzene rings is 2. The molecule has 0 fully saturated rings. The van der Waals surface area contributed by atoms with Crippen LogP contribution in [0.25, 0.3) is 11.5 Å². The van der Waals surface area contributed by atoms with Gasteiger partial charge in [-0.15, -0.1) is 10.2 Å². The second-order valence-electron chi connectivity index (χ2n) is 5.60. The van der Waals surface area contributed by atoms with Crippen molar-refractivity contribution in [2.75, 3.05) is 17.6 Å². The molecule has 0 radical (unpaired) electrons. The molecule has 7 nitrogen and oxygen atoms in total. The van der Waals surface area contributed by atoms with E-state index in [2.05, 4.69) is 20.8 Å². The molecule has 0 atom stereocenters. The van der Waals surface area contributed by atoms with Crippen LogP contribution in [0.4, 0.5) is 14.5 Å². The first-order valence-corrected chi connectivity index (χ1v) is 9.51. The highest BCUT2D eigenvalue weighted by Crippen LogP contribution is 2.28. The molecule has 29 heavy (non-hydrogen) atoms. The van der Waals surface area contributed by atoms with Crippen LogP contribution in [0.1, 0.15) is 0 Å². The van der Waals surface area contributed by atoms with Gasteiger partial charge in [0.15, 0.2) is 11.6 Å². The Balaban J connectivity index is 1.45. The number of aromatic nitrogens is 2. The number of nitrogens with zero attached hydrogens (tertiary/aromatic N) is 2. The lowest BCUT2D eigenvalue weighted by Crippen LogP contribution is -2.33. The topological polar surface area (TPSA) is 97.1 Å². The zero-order valence-electron chi connectivity index (χ0n) is 14.6. The van der Waals surface area contributed by atoms with Crippen molar-refractivity contribution >= 4 is 40.9 Å². The van der Waals surface area contributed by atoms with E-state index in [9.17, 15) is 18.4 Å². The summed E-state index contributed by atoms with van der Waals surface area (Å²) < 4.78 is 31.4. The second kappa shape index (κ2) is 9.48. The summed E-state index contributed by atoms with van der Waals surface area (Å²) in [7, 11) is 0. The highest BCUT2D eigenvalue weighted by molar-refractivity contribution is 7.99. The van der Waals surface area contributed by atoms with Gasteiger partial charge in [0, 0.05) is 11.8 Å². The van der Waals surface area contributed by atoms with Crippen molar-refractivity contribution in [3.05, 3.63) is 59.1 Å². The van der Waals surface area contributed by atoms with Crippen LogP contribution in [-0.4, -0.2) is 34.3 Å². The van der Waals surface area contributed by atoms with Crippen LogP contribution >= 0.6 is 23.4 Å². The molecule has 0 aliphatic carbocycles. The fourth-order valence-electron chi connectivity index (χ4n) is 2.15. The van der Waals surface area contributed by atoms with E-state index in [1.165, 1.54) is 6.07 Å². The standard InChI is InChI=1S/C18H13ClF2N4O3S/c19-12-4-2-1-3-11(12)17-24-25-18(28-17)29-9-16(27)22-8-15(26)23-10-5-6-13(20)14(21)7-10/h1-7H,8-9H2,(H,22,27)(H,23,26). The van der Waals surface area contributed by atoms with Gasteiger partial charge in [-0.1, -0.05) is 35.5 Å². The van der Waals surface area contributed by atoms with Crippen molar-refractivity contribution in [2.45, 2.75) is 5.22 Å². The summed E-state index contributed by atoms with van der Waals surface area (Å²) in [5.74, 6) is -2.99. The molecule has 1 aromatic heterocycles. The van der Waals surface area contributed by atoms with Crippen molar-refractivity contribution in [1.82, 2.24) is 15.5 Å². The van der Waals surface area contributed by atoms with E-state index < -0.39 is 23.4 Å². The molecule has 0 aliphatic heterocycles. The molecule has 2 aromatic carbocycles. The van der Waals surface area contributed by atoms with Crippen LogP contribution in [0, 0.1) is 11.6 Å². The fraction of sp³-hybridized carbons (Fsp3) is 0.111. The normalized spacial score (nSPS) is 10.6. The number of amides is 2. The van der Waals surface area contributed by atoms with E-state index in [-0.39, 0.29) is 29.1 Å². The molecular weight excluding hydrogens is 426 g/mol. The summed E-state index contributed by atoms with van der Waals surface area (Å²) in [6.45, 7) is -0.340. The first kappa shape index (κ1) is 20.7. The summed E-state index contributed by atoms with van der Waals surface area (Å²) in [4.78, 5) is 23.6. The lowest BCUT2D eigenvalue weighted by atomic mass is 10.2. The van der Waals surface area contributed by atoms with Crippen LogP contribution in [0.3, 0.4) is 0 Å². The molecule has 0 saturated carbocycles. The summed E-state index contributed by atoms with van der Waals surface area (Å²) >= 11 is 7.06. The fourth-order valence-corrected chi connectivity index (χ4v) is 2.96. The second-order valence-corrected chi connectivity index (χ2v) is 6.93. The number of halogens is 3. The van der Waals surface area contributed by atoms with Gasteiger partial charge in [0.2, 0.25) is 17.7 Å². The molecule has 0 saturated heterocycles. The average molecular weight is 439 g/mol. The molecular formula is C18H13ClF2N4O3S. The predicted octanol–water partition coefficient (Wildman–Crippen LogP) is 3.52. The molecule has 0 aliphatic rings. The zero-order chi connectivity index (χ0) is 20.8. The average Bonchev–Trinajstić information content (AvgIpc) is 3.17. The van der Waals surface area contributed by atoms with Gasteiger partial charge in [0.25, 0.3) is 5.22 Å². The Bertz CT molecular complexity index is 1050. The van der Waals surface area contributed by atoms with Crippen LogP contribution in [0.2, 0.25) is 5.02 Å². The Morgan fingerprint density at radius 1 is 1.07 bits per heavy atom. The Morgan fingerprint density at radius 2 is 1.86 bits per heavy atom. The number of nitrogens with one attached hydrogen (secondary N) is 2. The van der Waals surface area contributed by atoms with Gasteiger partial charge < -0.3 is 15.1 Å². The Kier molecular flexibility index (Phi) is 6.78. The molecule has 0 unspecified atom stereocenters. The molecule has 2 amide bonds. The molecule has 0 bridgehead atoms. The predicted molar refractivity (Wildman–Crippen MR) is 103 cm³/mol. The van der Waals surface area contributed by atoms with E-state index in [4.69, 9.17) is 16.0 Å². The van der Waals surface area contributed by atoms with Gasteiger partial charge in [0.1, 0.15) is 0 Å².